The predicted molar refractivity (Wildman–Crippen MR) is 116 cm³/mol. The van der Waals surface area contributed by atoms with Crippen molar-refractivity contribution < 1.29 is 19.1 Å². The van der Waals surface area contributed by atoms with Crippen LogP contribution >= 0.6 is 0 Å². The number of carbonyl (C=O) groups excluding carboxylic acids is 2. The summed E-state index contributed by atoms with van der Waals surface area (Å²) in [6.07, 6.45) is 0. The summed E-state index contributed by atoms with van der Waals surface area (Å²) in [5.74, 6) is -0.214. The van der Waals surface area contributed by atoms with Gasteiger partial charge in [-0.1, -0.05) is 66.7 Å². The molecular formula is C26H20O4. The van der Waals surface area contributed by atoms with Gasteiger partial charge in [0, 0.05) is 6.92 Å². The van der Waals surface area contributed by atoms with Crippen molar-refractivity contribution in [3.63, 3.8) is 0 Å². The van der Waals surface area contributed by atoms with Crippen LogP contribution in [0.3, 0.4) is 0 Å². The van der Waals surface area contributed by atoms with E-state index in [2.05, 4.69) is 0 Å². The topological polar surface area (TPSA) is 52.6 Å². The molecule has 148 valence electrons. The van der Waals surface area contributed by atoms with Gasteiger partial charge in [0.1, 0.15) is 12.4 Å². The van der Waals surface area contributed by atoms with Gasteiger partial charge in [-0.15, -0.1) is 0 Å². The first-order chi connectivity index (χ1) is 14.6. The summed E-state index contributed by atoms with van der Waals surface area (Å²) in [4.78, 5) is 23.5. The Morgan fingerprint density at radius 2 is 1.37 bits per heavy atom. The Morgan fingerprint density at radius 1 is 0.733 bits per heavy atom. The van der Waals surface area contributed by atoms with Crippen molar-refractivity contribution in [3.8, 4) is 16.9 Å². The summed E-state index contributed by atoms with van der Waals surface area (Å²) in [5, 5.41) is 2.20. The maximum absolute atomic E-state index is 12.5. The number of rotatable bonds is 5. The standard InChI is InChI=1S/C26H20O4/c1-18(27)30-24-15-13-20(14-16-24)19-9-11-22(12-10-19)26(28)29-17-23-7-4-6-21-5-2-3-8-25(21)23/h2-16H,17H2,1H3. The van der Waals surface area contributed by atoms with Crippen LogP contribution in [-0.4, -0.2) is 11.9 Å². The quantitative estimate of drug-likeness (QED) is 0.316. The van der Waals surface area contributed by atoms with Crippen molar-refractivity contribution in [1.82, 2.24) is 0 Å². The Bertz CT molecular complexity index is 1190. The molecule has 0 bridgehead atoms. The first kappa shape index (κ1) is 19.4. The van der Waals surface area contributed by atoms with E-state index >= 15 is 0 Å². The third-order valence-electron chi connectivity index (χ3n) is 4.81. The fraction of sp³-hybridized carbons (Fsp3) is 0.0769. The zero-order chi connectivity index (χ0) is 20.9. The molecule has 4 nitrogen and oxygen atoms in total. The summed E-state index contributed by atoms with van der Waals surface area (Å²) in [6, 6.07) is 28.5. The second kappa shape index (κ2) is 8.62. The van der Waals surface area contributed by atoms with Crippen LogP contribution in [0.25, 0.3) is 21.9 Å². The summed E-state index contributed by atoms with van der Waals surface area (Å²) in [6.45, 7) is 1.59. The SMILES string of the molecule is CC(=O)Oc1ccc(-c2ccc(C(=O)OCc3cccc4ccccc34)cc2)cc1. The van der Waals surface area contributed by atoms with Crippen molar-refractivity contribution >= 4 is 22.7 Å². The Kier molecular flexibility index (Phi) is 5.57. The van der Waals surface area contributed by atoms with E-state index in [0.717, 1.165) is 27.5 Å². The third-order valence-corrected chi connectivity index (χ3v) is 4.81. The molecule has 0 aliphatic carbocycles. The molecule has 0 spiro atoms. The van der Waals surface area contributed by atoms with E-state index in [0.29, 0.717) is 11.3 Å². The molecule has 0 aliphatic rings. The van der Waals surface area contributed by atoms with E-state index in [1.165, 1.54) is 6.92 Å². The smallest absolute Gasteiger partial charge is 0.338 e. The largest absolute Gasteiger partial charge is 0.457 e. The lowest BCUT2D eigenvalue weighted by molar-refractivity contribution is -0.131. The van der Waals surface area contributed by atoms with Crippen molar-refractivity contribution in [3.05, 3.63) is 102 Å². The number of ether oxygens (including phenoxy) is 2. The van der Waals surface area contributed by atoms with Crippen molar-refractivity contribution in [2.24, 2.45) is 0 Å². The van der Waals surface area contributed by atoms with Gasteiger partial charge in [0.25, 0.3) is 0 Å². The molecule has 0 aliphatic heterocycles. The third kappa shape index (κ3) is 4.39. The van der Waals surface area contributed by atoms with Crippen LogP contribution in [0.4, 0.5) is 0 Å². The Morgan fingerprint density at radius 3 is 2.07 bits per heavy atom. The molecule has 0 amide bonds. The van der Waals surface area contributed by atoms with Gasteiger partial charge in [-0.05, 0) is 51.7 Å². The Hall–Kier alpha value is -3.92. The first-order valence-electron chi connectivity index (χ1n) is 9.63. The van der Waals surface area contributed by atoms with Gasteiger partial charge < -0.3 is 9.47 Å². The molecule has 0 saturated carbocycles. The van der Waals surface area contributed by atoms with Gasteiger partial charge in [-0.25, -0.2) is 4.79 Å². The Labute approximate surface area is 174 Å². The van der Waals surface area contributed by atoms with E-state index < -0.39 is 0 Å². The summed E-state index contributed by atoms with van der Waals surface area (Å²) < 4.78 is 10.6. The number of hydrogen-bond acceptors (Lipinski definition) is 4. The molecule has 4 rings (SSSR count). The monoisotopic (exact) mass is 396 g/mol. The minimum Gasteiger partial charge on any atom is -0.457 e. The molecule has 0 unspecified atom stereocenters. The van der Waals surface area contributed by atoms with Gasteiger partial charge in [0.05, 0.1) is 5.56 Å². The average Bonchev–Trinajstić information content (AvgIpc) is 2.78. The van der Waals surface area contributed by atoms with Gasteiger partial charge in [-0.2, -0.15) is 0 Å². The highest BCUT2D eigenvalue weighted by Crippen LogP contribution is 2.24. The predicted octanol–water partition coefficient (Wildman–Crippen LogP) is 5.79. The van der Waals surface area contributed by atoms with Crippen LogP contribution in [0.15, 0.2) is 91.0 Å². The van der Waals surface area contributed by atoms with Crippen molar-refractivity contribution in [2.75, 3.05) is 0 Å². The van der Waals surface area contributed by atoms with Crippen LogP contribution in [0.2, 0.25) is 0 Å². The average molecular weight is 396 g/mol. The minimum atomic E-state index is -0.361. The number of hydrogen-bond donors (Lipinski definition) is 0. The molecule has 4 aromatic carbocycles. The van der Waals surface area contributed by atoms with E-state index in [-0.39, 0.29) is 18.5 Å². The molecule has 0 saturated heterocycles. The van der Waals surface area contributed by atoms with Crippen LogP contribution < -0.4 is 4.74 Å². The van der Waals surface area contributed by atoms with E-state index in [9.17, 15) is 9.59 Å². The number of esters is 2. The lowest BCUT2D eigenvalue weighted by atomic mass is 10.0. The maximum atomic E-state index is 12.5. The normalized spacial score (nSPS) is 10.6. The zero-order valence-electron chi connectivity index (χ0n) is 16.5. The van der Waals surface area contributed by atoms with Crippen LogP contribution in [0.1, 0.15) is 22.8 Å². The number of carbonyl (C=O) groups is 2. The lowest BCUT2D eigenvalue weighted by Crippen LogP contribution is -2.05. The van der Waals surface area contributed by atoms with Crippen LogP contribution in [0.5, 0.6) is 5.75 Å². The molecule has 4 aromatic rings. The second-order valence-corrected chi connectivity index (χ2v) is 6.91. The molecular weight excluding hydrogens is 376 g/mol. The van der Waals surface area contributed by atoms with E-state index in [1.807, 2.05) is 66.7 Å². The summed E-state index contributed by atoms with van der Waals surface area (Å²) >= 11 is 0. The number of benzene rings is 4. The minimum absolute atomic E-state index is 0.222. The molecule has 0 N–H and O–H groups in total. The summed E-state index contributed by atoms with van der Waals surface area (Å²) in [5.41, 5.74) is 3.39. The van der Waals surface area contributed by atoms with Crippen molar-refractivity contribution in [1.29, 1.82) is 0 Å². The van der Waals surface area contributed by atoms with Gasteiger partial charge in [-0.3, -0.25) is 4.79 Å². The fourth-order valence-corrected chi connectivity index (χ4v) is 3.33. The van der Waals surface area contributed by atoms with Gasteiger partial charge in [0.15, 0.2) is 0 Å². The van der Waals surface area contributed by atoms with Crippen LogP contribution in [-0.2, 0) is 16.1 Å². The molecule has 0 atom stereocenters. The molecule has 30 heavy (non-hydrogen) atoms. The van der Waals surface area contributed by atoms with E-state index in [4.69, 9.17) is 9.47 Å². The highest BCUT2D eigenvalue weighted by atomic mass is 16.5. The lowest BCUT2D eigenvalue weighted by Gasteiger charge is -2.09. The summed E-state index contributed by atoms with van der Waals surface area (Å²) in [7, 11) is 0. The molecule has 0 aromatic heterocycles. The van der Waals surface area contributed by atoms with Gasteiger partial charge in [0.2, 0.25) is 0 Å². The van der Waals surface area contributed by atoms with Crippen molar-refractivity contribution in [2.45, 2.75) is 13.5 Å². The maximum Gasteiger partial charge on any atom is 0.338 e. The zero-order valence-corrected chi connectivity index (χ0v) is 16.5. The van der Waals surface area contributed by atoms with Gasteiger partial charge >= 0.3 is 11.9 Å². The molecule has 0 radical (unpaired) electrons. The fourth-order valence-electron chi connectivity index (χ4n) is 3.33. The number of fused-ring (bicyclic) bond motifs is 1. The molecule has 4 heteroatoms. The van der Waals surface area contributed by atoms with E-state index in [1.54, 1.807) is 24.3 Å². The Balaban J connectivity index is 1.43. The first-order valence-corrected chi connectivity index (χ1v) is 9.63. The second-order valence-electron chi connectivity index (χ2n) is 6.91. The molecule has 0 fully saturated rings. The highest BCUT2D eigenvalue weighted by Gasteiger charge is 2.09. The van der Waals surface area contributed by atoms with Crippen LogP contribution in [0, 0.1) is 0 Å². The molecule has 0 heterocycles. The highest BCUT2D eigenvalue weighted by molar-refractivity contribution is 5.90.